The average Bonchev–Trinajstić information content (AvgIpc) is 3.30. The molecule has 28 heavy (non-hydrogen) atoms. The van der Waals surface area contributed by atoms with Crippen LogP contribution in [0, 0.1) is 0 Å². The van der Waals surface area contributed by atoms with Crippen molar-refractivity contribution in [3.05, 3.63) is 53.7 Å². The first-order valence-corrected chi connectivity index (χ1v) is 9.36. The molecule has 1 amide bonds. The molecule has 1 aromatic heterocycles. The van der Waals surface area contributed by atoms with Crippen LogP contribution in [-0.2, 0) is 17.9 Å². The molecule has 2 aromatic carbocycles. The molecule has 0 radical (unpaired) electrons. The molecule has 0 saturated carbocycles. The number of para-hydroxylation sites is 1. The van der Waals surface area contributed by atoms with Crippen LogP contribution in [0.3, 0.4) is 0 Å². The molecule has 1 aliphatic rings. The Labute approximate surface area is 163 Å². The van der Waals surface area contributed by atoms with Crippen LogP contribution in [0.5, 0.6) is 11.5 Å². The lowest BCUT2D eigenvalue weighted by Gasteiger charge is -2.24. The Morgan fingerprint density at radius 2 is 2.00 bits per heavy atom. The standard InChI is InChI=1S/C21H24N4O3/c1-4-25-17-8-6-5-7-15(17)16(23-25)12-22-21(26)20(24(2)3)14-9-10-18-19(11-14)28-13-27-18/h5-11,20H,4,12-13H2,1-3H3,(H,22,26). The maximum Gasteiger partial charge on any atom is 0.242 e. The van der Waals surface area contributed by atoms with Crippen molar-refractivity contribution >= 4 is 16.8 Å². The van der Waals surface area contributed by atoms with Crippen molar-refractivity contribution < 1.29 is 14.3 Å². The third-order valence-electron chi connectivity index (χ3n) is 4.94. The number of aryl methyl sites for hydroxylation is 1. The summed E-state index contributed by atoms with van der Waals surface area (Å²) >= 11 is 0. The van der Waals surface area contributed by atoms with Gasteiger partial charge in [-0.1, -0.05) is 24.3 Å². The van der Waals surface area contributed by atoms with Gasteiger partial charge in [-0.25, -0.2) is 0 Å². The highest BCUT2D eigenvalue weighted by molar-refractivity contribution is 5.85. The van der Waals surface area contributed by atoms with Gasteiger partial charge in [0.05, 0.1) is 17.8 Å². The van der Waals surface area contributed by atoms with Gasteiger partial charge in [0.25, 0.3) is 0 Å². The number of hydrogen-bond acceptors (Lipinski definition) is 5. The van der Waals surface area contributed by atoms with Gasteiger partial charge in [-0.05, 0) is 44.8 Å². The number of fused-ring (bicyclic) bond motifs is 2. The second-order valence-electron chi connectivity index (χ2n) is 6.98. The second-order valence-corrected chi connectivity index (χ2v) is 6.98. The van der Waals surface area contributed by atoms with E-state index in [1.807, 2.05) is 66.1 Å². The first-order valence-electron chi connectivity index (χ1n) is 9.36. The summed E-state index contributed by atoms with van der Waals surface area (Å²) in [7, 11) is 3.77. The number of benzene rings is 2. The second kappa shape index (κ2) is 7.52. The molecule has 7 nitrogen and oxygen atoms in total. The number of aromatic nitrogens is 2. The molecule has 0 fully saturated rings. The van der Waals surface area contributed by atoms with Crippen LogP contribution in [0.4, 0.5) is 0 Å². The largest absolute Gasteiger partial charge is 0.454 e. The Balaban J connectivity index is 1.55. The molecule has 0 spiro atoms. The molecular weight excluding hydrogens is 356 g/mol. The van der Waals surface area contributed by atoms with Crippen molar-refractivity contribution in [2.45, 2.75) is 26.1 Å². The molecule has 1 aliphatic heterocycles. The number of amides is 1. The minimum atomic E-state index is -0.436. The van der Waals surface area contributed by atoms with Gasteiger partial charge in [0, 0.05) is 11.9 Å². The third kappa shape index (κ3) is 3.29. The minimum Gasteiger partial charge on any atom is -0.454 e. The Bertz CT molecular complexity index is 1010. The van der Waals surface area contributed by atoms with Gasteiger partial charge in [-0.3, -0.25) is 14.4 Å². The number of nitrogens with zero attached hydrogens (tertiary/aromatic N) is 3. The fourth-order valence-corrected chi connectivity index (χ4v) is 3.60. The Morgan fingerprint density at radius 3 is 2.79 bits per heavy atom. The van der Waals surface area contributed by atoms with E-state index < -0.39 is 6.04 Å². The molecule has 0 aliphatic carbocycles. The highest BCUT2D eigenvalue weighted by Crippen LogP contribution is 2.35. The van der Waals surface area contributed by atoms with Crippen molar-refractivity contribution in [3.63, 3.8) is 0 Å². The van der Waals surface area contributed by atoms with Crippen LogP contribution in [0.15, 0.2) is 42.5 Å². The van der Waals surface area contributed by atoms with Crippen molar-refractivity contribution in [1.82, 2.24) is 20.0 Å². The molecule has 0 bridgehead atoms. The molecule has 1 atom stereocenters. The number of likely N-dealkylation sites (N-methyl/N-ethyl adjacent to an activating group) is 1. The fraction of sp³-hybridized carbons (Fsp3) is 0.333. The zero-order valence-electron chi connectivity index (χ0n) is 16.3. The van der Waals surface area contributed by atoms with E-state index in [4.69, 9.17) is 9.47 Å². The van der Waals surface area contributed by atoms with E-state index >= 15 is 0 Å². The minimum absolute atomic E-state index is 0.0843. The molecule has 3 aromatic rings. The quantitative estimate of drug-likeness (QED) is 0.712. The molecule has 0 saturated heterocycles. The van der Waals surface area contributed by atoms with E-state index in [1.54, 1.807) is 0 Å². The normalized spacial score (nSPS) is 13.9. The maximum atomic E-state index is 13.0. The Morgan fingerprint density at radius 1 is 1.21 bits per heavy atom. The molecule has 1 N–H and O–H groups in total. The number of ether oxygens (including phenoxy) is 2. The van der Waals surface area contributed by atoms with Gasteiger partial charge in [-0.15, -0.1) is 0 Å². The van der Waals surface area contributed by atoms with E-state index in [0.717, 1.165) is 28.7 Å². The summed E-state index contributed by atoms with van der Waals surface area (Å²) in [5, 5.41) is 8.77. The smallest absolute Gasteiger partial charge is 0.242 e. The van der Waals surface area contributed by atoms with Crippen LogP contribution >= 0.6 is 0 Å². The summed E-state index contributed by atoms with van der Waals surface area (Å²) in [5.41, 5.74) is 2.80. The number of carbonyl (C=O) groups is 1. The molecule has 1 unspecified atom stereocenters. The molecular formula is C21H24N4O3. The van der Waals surface area contributed by atoms with Crippen molar-refractivity contribution in [1.29, 1.82) is 0 Å². The maximum absolute atomic E-state index is 13.0. The van der Waals surface area contributed by atoms with Gasteiger partial charge in [0.15, 0.2) is 11.5 Å². The Hall–Kier alpha value is -3.06. The zero-order valence-corrected chi connectivity index (χ0v) is 16.3. The average molecular weight is 380 g/mol. The SMILES string of the molecule is CCn1nc(CNC(=O)C(c2ccc3c(c2)OCO3)N(C)C)c2ccccc21. The van der Waals surface area contributed by atoms with E-state index in [2.05, 4.69) is 17.3 Å². The number of carbonyl (C=O) groups excluding carboxylic acids is 1. The van der Waals surface area contributed by atoms with Gasteiger partial charge in [0.1, 0.15) is 6.04 Å². The highest BCUT2D eigenvalue weighted by Gasteiger charge is 2.25. The van der Waals surface area contributed by atoms with E-state index in [0.29, 0.717) is 18.0 Å². The summed E-state index contributed by atoms with van der Waals surface area (Å²) in [6.07, 6.45) is 0. The van der Waals surface area contributed by atoms with E-state index in [9.17, 15) is 4.79 Å². The Kier molecular flexibility index (Phi) is 4.92. The van der Waals surface area contributed by atoms with Crippen molar-refractivity contribution in [2.24, 2.45) is 0 Å². The molecule has 146 valence electrons. The lowest BCUT2D eigenvalue weighted by atomic mass is 10.0. The highest BCUT2D eigenvalue weighted by atomic mass is 16.7. The van der Waals surface area contributed by atoms with Crippen LogP contribution in [-0.4, -0.2) is 41.5 Å². The third-order valence-corrected chi connectivity index (χ3v) is 4.94. The monoisotopic (exact) mass is 380 g/mol. The summed E-state index contributed by atoms with van der Waals surface area (Å²) in [5.74, 6) is 1.29. The first-order chi connectivity index (χ1) is 13.6. The van der Waals surface area contributed by atoms with Crippen LogP contribution < -0.4 is 14.8 Å². The lowest BCUT2D eigenvalue weighted by molar-refractivity contribution is -0.126. The summed E-state index contributed by atoms with van der Waals surface area (Å²) in [4.78, 5) is 14.9. The number of hydrogen-bond donors (Lipinski definition) is 1. The van der Waals surface area contributed by atoms with Crippen LogP contribution in [0.25, 0.3) is 10.9 Å². The van der Waals surface area contributed by atoms with Crippen LogP contribution in [0.2, 0.25) is 0 Å². The predicted molar refractivity (Wildman–Crippen MR) is 106 cm³/mol. The lowest BCUT2D eigenvalue weighted by Crippen LogP contribution is -2.36. The van der Waals surface area contributed by atoms with E-state index in [-0.39, 0.29) is 12.7 Å². The molecule has 7 heteroatoms. The fourth-order valence-electron chi connectivity index (χ4n) is 3.60. The van der Waals surface area contributed by atoms with Gasteiger partial charge >= 0.3 is 0 Å². The summed E-state index contributed by atoms with van der Waals surface area (Å²) in [6.45, 7) is 3.43. The molecule has 4 rings (SSSR count). The van der Waals surface area contributed by atoms with Crippen LogP contribution in [0.1, 0.15) is 24.2 Å². The number of rotatable bonds is 6. The van der Waals surface area contributed by atoms with Gasteiger partial charge in [-0.2, -0.15) is 5.10 Å². The predicted octanol–water partition coefficient (Wildman–Crippen LogP) is 2.70. The molecule has 2 heterocycles. The number of nitrogens with one attached hydrogen (secondary N) is 1. The summed E-state index contributed by atoms with van der Waals surface area (Å²) < 4.78 is 12.8. The van der Waals surface area contributed by atoms with E-state index in [1.165, 1.54) is 0 Å². The zero-order chi connectivity index (χ0) is 19.7. The van der Waals surface area contributed by atoms with Crippen molar-refractivity contribution in [2.75, 3.05) is 20.9 Å². The van der Waals surface area contributed by atoms with Gasteiger partial charge in [0.2, 0.25) is 12.7 Å². The summed E-state index contributed by atoms with van der Waals surface area (Å²) in [6, 6.07) is 13.3. The van der Waals surface area contributed by atoms with Gasteiger partial charge < -0.3 is 14.8 Å². The first kappa shape index (κ1) is 18.3. The van der Waals surface area contributed by atoms with Crippen molar-refractivity contribution in [3.8, 4) is 11.5 Å². The topological polar surface area (TPSA) is 68.6 Å².